The number of hydrogen-bond acceptors (Lipinski definition) is 3. The van der Waals surface area contributed by atoms with Gasteiger partial charge in [0.25, 0.3) is 0 Å². The van der Waals surface area contributed by atoms with Crippen molar-refractivity contribution >= 4 is 6.03 Å². The Morgan fingerprint density at radius 3 is 2.75 bits per heavy atom. The third kappa shape index (κ3) is 4.09. The third-order valence-electron chi connectivity index (χ3n) is 4.54. The molecule has 1 aliphatic carbocycles. The van der Waals surface area contributed by atoms with Crippen molar-refractivity contribution in [3.63, 3.8) is 0 Å². The lowest BCUT2D eigenvalue weighted by molar-refractivity contribution is 0.0639. The second kappa shape index (κ2) is 7.84. The van der Waals surface area contributed by atoms with E-state index < -0.39 is 0 Å². The van der Waals surface area contributed by atoms with Gasteiger partial charge in [-0.25, -0.2) is 4.79 Å². The summed E-state index contributed by atoms with van der Waals surface area (Å²) in [5.74, 6) is 0.484. The molecule has 1 saturated heterocycles. The summed E-state index contributed by atoms with van der Waals surface area (Å²) in [4.78, 5) is 14.3. The van der Waals surface area contributed by atoms with Crippen molar-refractivity contribution in [2.75, 3.05) is 33.9 Å². The molecule has 0 aromatic carbocycles. The molecule has 0 unspecified atom stereocenters. The minimum atomic E-state index is 0.0672. The second-order valence-corrected chi connectivity index (χ2v) is 6.02. The smallest absolute Gasteiger partial charge is 0.317 e. The van der Waals surface area contributed by atoms with E-state index in [1.807, 2.05) is 4.90 Å². The maximum Gasteiger partial charge on any atom is 0.317 e. The van der Waals surface area contributed by atoms with Gasteiger partial charge in [-0.2, -0.15) is 0 Å². The SMILES string of the molecule is COC[C@@H]1CCN(C(=O)N[C@H]2CCCCC[C@H]2OC)C1. The maximum atomic E-state index is 12.4. The molecule has 3 atom stereocenters. The molecule has 1 saturated carbocycles. The van der Waals surface area contributed by atoms with Crippen LogP contribution in [0.1, 0.15) is 38.5 Å². The van der Waals surface area contributed by atoms with Gasteiger partial charge in [-0.1, -0.05) is 19.3 Å². The number of nitrogens with zero attached hydrogens (tertiary/aromatic N) is 1. The average molecular weight is 284 g/mol. The Bertz CT molecular complexity index is 311. The van der Waals surface area contributed by atoms with Gasteiger partial charge in [0.05, 0.1) is 18.8 Å². The first-order valence-corrected chi connectivity index (χ1v) is 7.81. The number of methoxy groups -OCH3 is 2. The zero-order valence-electron chi connectivity index (χ0n) is 12.8. The highest BCUT2D eigenvalue weighted by molar-refractivity contribution is 5.74. The molecule has 0 radical (unpaired) electrons. The zero-order valence-corrected chi connectivity index (χ0v) is 12.8. The van der Waals surface area contributed by atoms with Crippen molar-refractivity contribution in [3.8, 4) is 0 Å². The fourth-order valence-corrected chi connectivity index (χ4v) is 3.36. The van der Waals surface area contributed by atoms with Gasteiger partial charge in [-0.3, -0.25) is 0 Å². The molecule has 0 aromatic rings. The van der Waals surface area contributed by atoms with Crippen LogP contribution in [0.15, 0.2) is 0 Å². The number of nitrogens with one attached hydrogen (secondary N) is 1. The molecule has 0 aromatic heterocycles. The number of amides is 2. The lowest BCUT2D eigenvalue weighted by Crippen LogP contribution is -2.49. The maximum absolute atomic E-state index is 12.4. The van der Waals surface area contributed by atoms with Crippen LogP contribution in [0, 0.1) is 5.92 Å². The van der Waals surface area contributed by atoms with Crippen molar-refractivity contribution in [3.05, 3.63) is 0 Å². The molecule has 5 nitrogen and oxygen atoms in total. The predicted octanol–water partition coefficient (Wildman–Crippen LogP) is 2.01. The number of likely N-dealkylation sites (tertiary alicyclic amines) is 1. The van der Waals surface area contributed by atoms with E-state index in [-0.39, 0.29) is 18.2 Å². The molecule has 0 spiro atoms. The Balaban J connectivity index is 1.83. The third-order valence-corrected chi connectivity index (χ3v) is 4.54. The molecular weight excluding hydrogens is 256 g/mol. The molecular formula is C15H28N2O3. The Kier molecular flexibility index (Phi) is 6.10. The van der Waals surface area contributed by atoms with Crippen molar-refractivity contribution in [1.29, 1.82) is 0 Å². The highest BCUT2D eigenvalue weighted by Gasteiger charge is 2.30. The largest absolute Gasteiger partial charge is 0.384 e. The Morgan fingerprint density at radius 2 is 2.00 bits per heavy atom. The number of carbonyl (C=O) groups excluding carboxylic acids is 1. The van der Waals surface area contributed by atoms with Crippen molar-refractivity contribution in [2.24, 2.45) is 5.92 Å². The van der Waals surface area contributed by atoms with E-state index in [9.17, 15) is 4.79 Å². The molecule has 1 heterocycles. The minimum Gasteiger partial charge on any atom is -0.384 e. The van der Waals surface area contributed by atoms with Crippen molar-refractivity contribution in [1.82, 2.24) is 10.2 Å². The number of urea groups is 1. The molecule has 5 heteroatoms. The summed E-state index contributed by atoms with van der Waals surface area (Å²) in [7, 11) is 3.47. The van der Waals surface area contributed by atoms with Crippen LogP contribution in [0.25, 0.3) is 0 Å². The van der Waals surface area contributed by atoms with Crippen LogP contribution in [0.5, 0.6) is 0 Å². The highest BCUT2D eigenvalue weighted by atomic mass is 16.5. The summed E-state index contributed by atoms with van der Waals surface area (Å²) in [6, 6.07) is 0.231. The van der Waals surface area contributed by atoms with Gasteiger partial charge in [-0.15, -0.1) is 0 Å². The fourth-order valence-electron chi connectivity index (χ4n) is 3.36. The second-order valence-electron chi connectivity index (χ2n) is 6.02. The zero-order chi connectivity index (χ0) is 14.4. The van der Waals surface area contributed by atoms with E-state index in [4.69, 9.17) is 9.47 Å². The van der Waals surface area contributed by atoms with Crippen LogP contribution >= 0.6 is 0 Å². The summed E-state index contributed by atoms with van der Waals surface area (Å²) >= 11 is 0. The number of ether oxygens (including phenoxy) is 2. The van der Waals surface area contributed by atoms with E-state index in [0.29, 0.717) is 5.92 Å². The van der Waals surface area contributed by atoms with Crippen LogP contribution in [0.3, 0.4) is 0 Å². The van der Waals surface area contributed by atoms with Crippen LogP contribution < -0.4 is 5.32 Å². The summed E-state index contributed by atoms with van der Waals surface area (Å²) in [5, 5.41) is 3.19. The van der Waals surface area contributed by atoms with E-state index in [1.54, 1.807) is 14.2 Å². The van der Waals surface area contributed by atoms with E-state index in [0.717, 1.165) is 39.0 Å². The summed E-state index contributed by atoms with van der Waals surface area (Å²) in [5.41, 5.74) is 0. The fraction of sp³-hybridized carbons (Fsp3) is 0.933. The van der Waals surface area contributed by atoms with Gasteiger partial charge in [0.15, 0.2) is 0 Å². The van der Waals surface area contributed by atoms with E-state index >= 15 is 0 Å². The van der Waals surface area contributed by atoms with Gasteiger partial charge >= 0.3 is 6.03 Å². The van der Waals surface area contributed by atoms with Crippen LogP contribution in [0.4, 0.5) is 4.79 Å². The average Bonchev–Trinajstić information content (AvgIpc) is 2.79. The van der Waals surface area contributed by atoms with Gasteiger partial charge < -0.3 is 19.7 Å². The van der Waals surface area contributed by atoms with Crippen molar-refractivity contribution in [2.45, 2.75) is 50.7 Å². The first-order valence-electron chi connectivity index (χ1n) is 7.81. The number of carbonyl (C=O) groups is 1. The molecule has 0 bridgehead atoms. The molecule has 1 aliphatic heterocycles. The predicted molar refractivity (Wildman–Crippen MR) is 77.8 cm³/mol. The lowest BCUT2D eigenvalue weighted by atomic mass is 10.1. The first kappa shape index (κ1) is 15.6. The van der Waals surface area contributed by atoms with Crippen LogP contribution in [-0.4, -0.2) is 57.0 Å². The Morgan fingerprint density at radius 1 is 1.20 bits per heavy atom. The first-order chi connectivity index (χ1) is 9.74. The highest BCUT2D eigenvalue weighted by Crippen LogP contribution is 2.21. The summed E-state index contributed by atoms with van der Waals surface area (Å²) in [6.07, 6.45) is 6.90. The Labute approximate surface area is 122 Å². The lowest BCUT2D eigenvalue weighted by Gasteiger charge is -2.27. The molecule has 116 valence electrons. The number of rotatable bonds is 4. The molecule has 20 heavy (non-hydrogen) atoms. The Hall–Kier alpha value is -0.810. The van der Waals surface area contributed by atoms with E-state index in [1.165, 1.54) is 19.3 Å². The van der Waals surface area contributed by atoms with E-state index in [2.05, 4.69) is 5.32 Å². The molecule has 2 fully saturated rings. The topological polar surface area (TPSA) is 50.8 Å². The summed E-state index contributed by atoms with van der Waals surface area (Å²) in [6.45, 7) is 2.39. The van der Waals surface area contributed by atoms with Crippen LogP contribution in [0.2, 0.25) is 0 Å². The van der Waals surface area contributed by atoms with Gasteiger partial charge in [0.1, 0.15) is 0 Å². The van der Waals surface area contributed by atoms with Crippen molar-refractivity contribution < 1.29 is 14.3 Å². The molecule has 2 rings (SSSR count). The monoisotopic (exact) mass is 284 g/mol. The molecule has 2 amide bonds. The van der Waals surface area contributed by atoms with Gasteiger partial charge in [0.2, 0.25) is 0 Å². The quantitative estimate of drug-likeness (QED) is 0.804. The van der Waals surface area contributed by atoms with Gasteiger partial charge in [-0.05, 0) is 19.3 Å². The summed E-state index contributed by atoms with van der Waals surface area (Å²) < 4.78 is 10.7. The van der Waals surface area contributed by atoms with Crippen LogP contribution in [-0.2, 0) is 9.47 Å². The van der Waals surface area contributed by atoms with Gasteiger partial charge in [0, 0.05) is 33.2 Å². The normalized spacial score (nSPS) is 31.1. The molecule has 1 N–H and O–H groups in total. The standard InChI is InChI=1S/C15H28N2O3/c1-19-11-12-8-9-17(10-12)15(18)16-13-6-4-3-5-7-14(13)20-2/h12-14H,3-11H2,1-2H3,(H,16,18)/t12-,13+,14-/m1/s1. The number of hydrogen-bond donors (Lipinski definition) is 1. The molecule has 2 aliphatic rings. The minimum absolute atomic E-state index is 0.0672.